The van der Waals surface area contributed by atoms with E-state index >= 15 is 0 Å². The van der Waals surface area contributed by atoms with Crippen LogP contribution in [-0.4, -0.2) is 40.0 Å². The molecule has 1 fully saturated rings. The maximum atomic E-state index is 9.47. The standard InChI is InChI=1S/C12H14N4O3/c1-18-10-3-2-7(5-14-10)11-15-12(19-16-11)9-4-8(17)6-13-9/h2-3,5,8-9,13,17H,4,6H2,1H3/t8-,9+/m0/s1. The normalized spacial score (nSPS) is 22.6. The van der Waals surface area contributed by atoms with Gasteiger partial charge in [0.2, 0.25) is 17.6 Å². The maximum Gasteiger partial charge on any atom is 0.244 e. The molecule has 0 bridgehead atoms. The summed E-state index contributed by atoms with van der Waals surface area (Å²) in [6.45, 7) is 0.548. The van der Waals surface area contributed by atoms with Crippen molar-refractivity contribution in [3.8, 4) is 17.3 Å². The maximum absolute atomic E-state index is 9.47. The van der Waals surface area contributed by atoms with Crippen LogP contribution in [0.2, 0.25) is 0 Å². The average Bonchev–Trinajstić information content (AvgIpc) is 3.07. The fourth-order valence-electron chi connectivity index (χ4n) is 2.03. The number of rotatable bonds is 3. The molecule has 1 aliphatic heterocycles. The molecule has 0 saturated carbocycles. The first-order chi connectivity index (χ1) is 9.26. The lowest BCUT2D eigenvalue weighted by atomic mass is 10.2. The Balaban J connectivity index is 1.80. The van der Waals surface area contributed by atoms with Gasteiger partial charge in [-0.2, -0.15) is 4.98 Å². The molecule has 0 spiro atoms. The quantitative estimate of drug-likeness (QED) is 0.833. The third-order valence-electron chi connectivity index (χ3n) is 3.05. The van der Waals surface area contributed by atoms with Gasteiger partial charge in [0.05, 0.1) is 19.3 Å². The van der Waals surface area contributed by atoms with Crippen LogP contribution in [0.25, 0.3) is 11.4 Å². The zero-order chi connectivity index (χ0) is 13.2. The fourth-order valence-corrected chi connectivity index (χ4v) is 2.03. The monoisotopic (exact) mass is 262 g/mol. The summed E-state index contributed by atoms with van der Waals surface area (Å²) in [4.78, 5) is 8.41. The van der Waals surface area contributed by atoms with Crippen molar-refractivity contribution in [2.75, 3.05) is 13.7 Å². The predicted octanol–water partition coefficient (Wildman–Crippen LogP) is 0.535. The zero-order valence-corrected chi connectivity index (χ0v) is 10.4. The summed E-state index contributed by atoms with van der Waals surface area (Å²) in [5.74, 6) is 1.50. The second-order valence-corrected chi connectivity index (χ2v) is 4.40. The van der Waals surface area contributed by atoms with Crippen molar-refractivity contribution in [3.63, 3.8) is 0 Å². The van der Waals surface area contributed by atoms with Crippen LogP contribution in [0, 0.1) is 0 Å². The Hall–Kier alpha value is -1.99. The van der Waals surface area contributed by atoms with Gasteiger partial charge in [-0.3, -0.25) is 0 Å². The first-order valence-electron chi connectivity index (χ1n) is 6.01. The summed E-state index contributed by atoms with van der Waals surface area (Å²) in [5.41, 5.74) is 0.759. The first-order valence-corrected chi connectivity index (χ1v) is 6.01. The van der Waals surface area contributed by atoms with Gasteiger partial charge in [0.15, 0.2) is 0 Å². The number of hydrogen-bond donors (Lipinski definition) is 2. The summed E-state index contributed by atoms with van der Waals surface area (Å²) >= 11 is 0. The molecular formula is C12H14N4O3. The van der Waals surface area contributed by atoms with Crippen molar-refractivity contribution in [3.05, 3.63) is 24.2 Å². The molecule has 100 valence electrons. The summed E-state index contributed by atoms with van der Waals surface area (Å²) in [6, 6.07) is 3.47. The van der Waals surface area contributed by atoms with E-state index in [4.69, 9.17) is 9.26 Å². The van der Waals surface area contributed by atoms with Gasteiger partial charge in [0.25, 0.3) is 0 Å². The number of β-amino-alcohol motifs (C(OH)–C–C–N with tert-alkyl or cyclic N) is 1. The van der Waals surface area contributed by atoms with Crippen LogP contribution >= 0.6 is 0 Å². The molecule has 1 aliphatic rings. The second kappa shape index (κ2) is 4.94. The van der Waals surface area contributed by atoms with E-state index in [0.717, 1.165) is 5.56 Å². The molecule has 7 heteroatoms. The van der Waals surface area contributed by atoms with E-state index in [9.17, 15) is 5.11 Å². The van der Waals surface area contributed by atoms with E-state index in [1.807, 2.05) is 6.07 Å². The molecule has 0 radical (unpaired) electrons. The Labute approximate surface area is 109 Å². The van der Waals surface area contributed by atoms with Gasteiger partial charge in [-0.1, -0.05) is 5.16 Å². The third-order valence-corrected chi connectivity index (χ3v) is 3.05. The number of aliphatic hydroxyl groups is 1. The minimum Gasteiger partial charge on any atom is -0.481 e. The smallest absolute Gasteiger partial charge is 0.244 e. The highest BCUT2D eigenvalue weighted by Gasteiger charge is 2.28. The number of nitrogens with one attached hydrogen (secondary N) is 1. The van der Waals surface area contributed by atoms with Crippen LogP contribution < -0.4 is 10.1 Å². The molecule has 1 saturated heterocycles. The Morgan fingerprint density at radius 1 is 1.47 bits per heavy atom. The van der Waals surface area contributed by atoms with Crippen LogP contribution in [0.3, 0.4) is 0 Å². The molecule has 0 amide bonds. The Bertz CT molecular complexity index is 554. The van der Waals surface area contributed by atoms with Gasteiger partial charge in [0.1, 0.15) is 0 Å². The SMILES string of the molecule is COc1ccc(-c2noc([C@H]3C[C@H](O)CN3)n2)cn1. The molecule has 0 unspecified atom stereocenters. The molecule has 19 heavy (non-hydrogen) atoms. The van der Waals surface area contributed by atoms with Crippen LogP contribution in [0.5, 0.6) is 5.88 Å². The van der Waals surface area contributed by atoms with Gasteiger partial charge < -0.3 is 19.7 Å². The molecule has 3 rings (SSSR count). The molecule has 2 N–H and O–H groups in total. The molecule has 2 atom stereocenters. The zero-order valence-electron chi connectivity index (χ0n) is 10.4. The molecule has 3 heterocycles. The lowest BCUT2D eigenvalue weighted by molar-refractivity contribution is 0.191. The number of aromatic nitrogens is 3. The lowest BCUT2D eigenvalue weighted by Gasteiger charge is -2.01. The molecule has 2 aromatic heterocycles. The van der Waals surface area contributed by atoms with Crippen molar-refractivity contribution >= 4 is 0 Å². The van der Waals surface area contributed by atoms with Crippen molar-refractivity contribution in [1.82, 2.24) is 20.4 Å². The van der Waals surface area contributed by atoms with E-state index in [1.54, 1.807) is 19.4 Å². The number of pyridine rings is 1. The first kappa shape index (κ1) is 12.1. The minimum absolute atomic E-state index is 0.0811. The summed E-state index contributed by atoms with van der Waals surface area (Å²) in [5, 5.41) is 16.5. The number of hydrogen-bond acceptors (Lipinski definition) is 7. The Morgan fingerprint density at radius 3 is 3.00 bits per heavy atom. The lowest BCUT2D eigenvalue weighted by Crippen LogP contribution is -2.15. The summed E-state index contributed by atoms with van der Waals surface area (Å²) < 4.78 is 10.2. The molecule has 0 aliphatic carbocycles. The van der Waals surface area contributed by atoms with Crippen LogP contribution in [-0.2, 0) is 0 Å². The third kappa shape index (κ3) is 2.42. The van der Waals surface area contributed by atoms with Crippen molar-refractivity contribution < 1.29 is 14.4 Å². The minimum atomic E-state index is -0.358. The Kier molecular flexibility index (Phi) is 3.14. The predicted molar refractivity (Wildman–Crippen MR) is 65.4 cm³/mol. The van der Waals surface area contributed by atoms with E-state index < -0.39 is 0 Å². The average molecular weight is 262 g/mol. The largest absolute Gasteiger partial charge is 0.481 e. The number of methoxy groups -OCH3 is 1. The fraction of sp³-hybridized carbons (Fsp3) is 0.417. The van der Waals surface area contributed by atoms with Crippen molar-refractivity contribution in [1.29, 1.82) is 0 Å². The van der Waals surface area contributed by atoms with E-state index in [-0.39, 0.29) is 12.1 Å². The molecular weight excluding hydrogens is 248 g/mol. The highest BCUT2D eigenvalue weighted by Crippen LogP contribution is 2.24. The number of aliphatic hydroxyl groups excluding tert-OH is 1. The summed E-state index contributed by atoms with van der Waals surface area (Å²) in [6.07, 6.45) is 1.86. The van der Waals surface area contributed by atoms with Gasteiger partial charge >= 0.3 is 0 Å². The van der Waals surface area contributed by atoms with E-state index in [1.165, 1.54) is 0 Å². The number of ether oxygens (including phenoxy) is 1. The van der Waals surface area contributed by atoms with Crippen LogP contribution in [0.4, 0.5) is 0 Å². The number of nitrogens with zero attached hydrogens (tertiary/aromatic N) is 3. The van der Waals surface area contributed by atoms with Crippen molar-refractivity contribution in [2.45, 2.75) is 18.6 Å². The van der Waals surface area contributed by atoms with Gasteiger partial charge in [-0.25, -0.2) is 4.98 Å². The van der Waals surface area contributed by atoms with E-state index in [0.29, 0.717) is 30.6 Å². The second-order valence-electron chi connectivity index (χ2n) is 4.40. The Morgan fingerprint density at radius 2 is 2.37 bits per heavy atom. The van der Waals surface area contributed by atoms with Crippen molar-refractivity contribution in [2.24, 2.45) is 0 Å². The summed E-state index contributed by atoms with van der Waals surface area (Å²) in [7, 11) is 1.56. The van der Waals surface area contributed by atoms with Gasteiger partial charge in [0, 0.05) is 24.4 Å². The van der Waals surface area contributed by atoms with Crippen LogP contribution in [0.15, 0.2) is 22.9 Å². The molecule has 2 aromatic rings. The van der Waals surface area contributed by atoms with Gasteiger partial charge in [-0.15, -0.1) is 0 Å². The highest BCUT2D eigenvalue weighted by atomic mass is 16.5. The van der Waals surface area contributed by atoms with Crippen LogP contribution in [0.1, 0.15) is 18.4 Å². The van der Waals surface area contributed by atoms with E-state index in [2.05, 4.69) is 20.4 Å². The topological polar surface area (TPSA) is 93.3 Å². The highest BCUT2D eigenvalue weighted by molar-refractivity contribution is 5.53. The molecule has 7 nitrogen and oxygen atoms in total. The van der Waals surface area contributed by atoms with Gasteiger partial charge in [-0.05, 0) is 12.5 Å². The molecule has 0 aromatic carbocycles.